The molecular weight excluding hydrogens is 214 g/mol. The number of piperidine rings is 1. The summed E-state index contributed by atoms with van der Waals surface area (Å²) in [5.41, 5.74) is 1.41. The van der Waals surface area contributed by atoms with Crippen molar-refractivity contribution in [2.45, 2.75) is 71.9 Å². The lowest BCUT2D eigenvalue weighted by Gasteiger charge is -2.55. The zero-order valence-corrected chi connectivity index (χ0v) is 11.9. The van der Waals surface area contributed by atoms with Gasteiger partial charge >= 0.3 is 5.97 Å². The van der Waals surface area contributed by atoms with Crippen molar-refractivity contribution >= 4 is 5.97 Å². The minimum absolute atomic E-state index is 0.0303. The molecule has 0 amide bonds. The molecule has 17 heavy (non-hydrogen) atoms. The van der Waals surface area contributed by atoms with Crippen LogP contribution in [0, 0.1) is 0 Å². The quantitative estimate of drug-likeness (QED) is 0.751. The van der Waals surface area contributed by atoms with Crippen LogP contribution >= 0.6 is 0 Å². The van der Waals surface area contributed by atoms with E-state index in [9.17, 15) is 4.79 Å². The Morgan fingerprint density at radius 3 is 1.82 bits per heavy atom. The Hall–Kier alpha value is -0.990. The van der Waals surface area contributed by atoms with Gasteiger partial charge in [-0.15, -0.1) is 0 Å². The number of hydrogen-bond donors (Lipinski definition) is 1. The Balaban J connectivity index is 3.23. The van der Waals surface area contributed by atoms with Gasteiger partial charge in [0.25, 0.3) is 0 Å². The third-order valence-electron chi connectivity index (χ3n) is 3.99. The van der Waals surface area contributed by atoms with E-state index in [1.54, 1.807) is 6.92 Å². The minimum Gasteiger partial charge on any atom is -0.478 e. The maximum absolute atomic E-state index is 11.1. The van der Waals surface area contributed by atoms with Crippen LogP contribution in [0.5, 0.6) is 0 Å². The zero-order chi connectivity index (χ0) is 13.4. The van der Waals surface area contributed by atoms with Crippen molar-refractivity contribution in [3.63, 3.8) is 0 Å². The fourth-order valence-corrected chi connectivity index (χ4v) is 3.23. The molecule has 0 unspecified atom stereocenters. The summed E-state index contributed by atoms with van der Waals surface area (Å²) in [5, 5.41) is 9.14. The van der Waals surface area contributed by atoms with E-state index in [4.69, 9.17) is 5.11 Å². The van der Waals surface area contributed by atoms with Gasteiger partial charge in [-0.3, -0.25) is 0 Å². The van der Waals surface area contributed by atoms with Crippen LogP contribution in [0.15, 0.2) is 11.3 Å². The number of nitrogens with zero attached hydrogens (tertiary/aromatic N) is 1. The number of allylic oxidation sites excluding steroid dienone is 1. The lowest BCUT2D eigenvalue weighted by Crippen LogP contribution is -2.57. The van der Waals surface area contributed by atoms with Crippen molar-refractivity contribution < 1.29 is 9.90 Å². The highest BCUT2D eigenvalue weighted by atomic mass is 16.4. The molecule has 0 atom stereocenters. The maximum Gasteiger partial charge on any atom is 0.333 e. The van der Waals surface area contributed by atoms with Crippen molar-refractivity contribution in [2.24, 2.45) is 0 Å². The average Bonchev–Trinajstić information content (AvgIpc) is 2.13. The van der Waals surface area contributed by atoms with Crippen LogP contribution in [-0.4, -0.2) is 27.1 Å². The van der Waals surface area contributed by atoms with Crippen molar-refractivity contribution in [1.82, 2.24) is 4.90 Å². The highest BCUT2D eigenvalue weighted by Crippen LogP contribution is 2.41. The highest BCUT2D eigenvalue weighted by Gasteiger charge is 2.41. The van der Waals surface area contributed by atoms with Crippen LogP contribution < -0.4 is 0 Å². The van der Waals surface area contributed by atoms with E-state index in [0.29, 0.717) is 5.57 Å². The van der Waals surface area contributed by atoms with Crippen molar-refractivity contribution in [1.29, 1.82) is 0 Å². The number of rotatable bonds is 2. The number of carbonyl (C=O) groups is 1. The van der Waals surface area contributed by atoms with Crippen molar-refractivity contribution in [3.05, 3.63) is 11.3 Å². The van der Waals surface area contributed by atoms with Gasteiger partial charge < -0.3 is 10.0 Å². The van der Waals surface area contributed by atoms with Gasteiger partial charge in [0.2, 0.25) is 0 Å². The van der Waals surface area contributed by atoms with Gasteiger partial charge in [-0.1, -0.05) is 0 Å². The second-order valence-corrected chi connectivity index (χ2v) is 6.33. The predicted octanol–water partition coefficient (Wildman–Crippen LogP) is 3.41. The van der Waals surface area contributed by atoms with Gasteiger partial charge in [-0.25, -0.2) is 4.79 Å². The summed E-state index contributed by atoms with van der Waals surface area (Å²) < 4.78 is 0. The standard InChI is InChI=1S/C14H25NO2/c1-10(12(16)17)11(2)15-13(3,4)8-7-9-14(15,5)6/h7-9H2,1-6H3,(H,16,17). The molecule has 0 saturated carbocycles. The minimum atomic E-state index is -0.820. The molecule has 1 aliphatic rings. The summed E-state index contributed by atoms with van der Waals surface area (Å²) in [4.78, 5) is 13.4. The summed E-state index contributed by atoms with van der Waals surface area (Å²) in [6.45, 7) is 12.4. The lowest BCUT2D eigenvalue weighted by atomic mass is 9.79. The zero-order valence-electron chi connectivity index (χ0n) is 11.9. The maximum atomic E-state index is 11.1. The first-order valence-electron chi connectivity index (χ1n) is 6.31. The monoisotopic (exact) mass is 239 g/mol. The SMILES string of the molecule is CC(C(=O)O)=C(C)N1C(C)(C)CCCC1(C)C. The Kier molecular flexibility index (Phi) is 3.60. The third kappa shape index (κ3) is 2.64. The third-order valence-corrected chi connectivity index (χ3v) is 3.99. The molecular formula is C14H25NO2. The van der Waals surface area contributed by atoms with Gasteiger partial charge in [-0.05, 0) is 60.8 Å². The second-order valence-electron chi connectivity index (χ2n) is 6.33. The Morgan fingerprint density at radius 2 is 1.47 bits per heavy atom. The van der Waals surface area contributed by atoms with Crippen LogP contribution in [0.1, 0.15) is 60.8 Å². The molecule has 0 spiro atoms. The molecule has 1 N–H and O–H groups in total. The Morgan fingerprint density at radius 1 is 1.06 bits per heavy atom. The predicted molar refractivity (Wildman–Crippen MR) is 69.9 cm³/mol. The van der Waals surface area contributed by atoms with E-state index >= 15 is 0 Å². The molecule has 0 aliphatic carbocycles. The molecule has 98 valence electrons. The number of likely N-dealkylation sites (tertiary alicyclic amines) is 1. The number of carboxylic acids is 1. The molecule has 0 aromatic heterocycles. The van der Waals surface area contributed by atoms with Crippen LogP contribution in [-0.2, 0) is 4.79 Å². The van der Waals surface area contributed by atoms with Gasteiger partial charge in [0, 0.05) is 16.8 Å². The van der Waals surface area contributed by atoms with Gasteiger partial charge in [0.1, 0.15) is 0 Å². The number of carboxylic acid groups (broad SMARTS) is 1. The number of hydrogen-bond acceptors (Lipinski definition) is 2. The highest BCUT2D eigenvalue weighted by molar-refractivity contribution is 5.86. The smallest absolute Gasteiger partial charge is 0.333 e. The first-order valence-corrected chi connectivity index (χ1v) is 6.31. The summed E-state index contributed by atoms with van der Waals surface area (Å²) in [6.07, 6.45) is 3.43. The van der Waals surface area contributed by atoms with E-state index in [-0.39, 0.29) is 11.1 Å². The van der Waals surface area contributed by atoms with Crippen LogP contribution in [0.4, 0.5) is 0 Å². The molecule has 3 nitrogen and oxygen atoms in total. The molecule has 0 bridgehead atoms. The van der Waals surface area contributed by atoms with Gasteiger partial charge in [-0.2, -0.15) is 0 Å². The van der Waals surface area contributed by atoms with Gasteiger partial charge in [0.05, 0.1) is 5.57 Å². The average molecular weight is 239 g/mol. The molecule has 1 rings (SSSR count). The molecule has 1 heterocycles. The Bertz CT molecular complexity index is 337. The van der Waals surface area contributed by atoms with Crippen LogP contribution in [0.2, 0.25) is 0 Å². The summed E-state index contributed by atoms with van der Waals surface area (Å²) >= 11 is 0. The van der Waals surface area contributed by atoms with Crippen LogP contribution in [0.3, 0.4) is 0 Å². The van der Waals surface area contributed by atoms with E-state index in [1.165, 1.54) is 6.42 Å². The summed E-state index contributed by atoms with van der Waals surface area (Å²) in [6, 6.07) is 0. The molecule has 0 radical (unpaired) electrons. The normalized spacial score (nSPS) is 24.2. The molecule has 1 saturated heterocycles. The van der Waals surface area contributed by atoms with E-state index < -0.39 is 5.97 Å². The first kappa shape index (κ1) is 14.1. The summed E-state index contributed by atoms with van der Waals surface area (Å²) in [7, 11) is 0. The lowest BCUT2D eigenvalue weighted by molar-refractivity contribution is -0.132. The molecule has 0 aromatic carbocycles. The fourth-order valence-electron chi connectivity index (χ4n) is 3.23. The first-order chi connectivity index (χ1) is 7.59. The molecule has 1 aliphatic heterocycles. The van der Waals surface area contributed by atoms with E-state index in [0.717, 1.165) is 18.5 Å². The fraction of sp³-hybridized carbons (Fsp3) is 0.786. The molecule has 3 heteroatoms. The van der Waals surface area contributed by atoms with Crippen molar-refractivity contribution in [3.8, 4) is 0 Å². The molecule has 1 fully saturated rings. The van der Waals surface area contributed by atoms with E-state index in [2.05, 4.69) is 32.6 Å². The molecule has 0 aromatic rings. The van der Waals surface area contributed by atoms with Crippen LogP contribution in [0.25, 0.3) is 0 Å². The largest absolute Gasteiger partial charge is 0.478 e. The number of aliphatic carboxylic acids is 1. The van der Waals surface area contributed by atoms with E-state index in [1.807, 2.05) is 6.92 Å². The Labute approximate surface area is 105 Å². The van der Waals surface area contributed by atoms with Gasteiger partial charge in [0.15, 0.2) is 0 Å². The summed E-state index contributed by atoms with van der Waals surface area (Å²) in [5.74, 6) is -0.820. The topological polar surface area (TPSA) is 40.5 Å². The second kappa shape index (κ2) is 4.35. The van der Waals surface area contributed by atoms with Crippen molar-refractivity contribution in [2.75, 3.05) is 0 Å².